The van der Waals surface area contributed by atoms with Crippen LogP contribution in [0.15, 0.2) is 18.6 Å². The summed E-state index contributed by atoms with van der Waals surface area (Å²) in [5.74, 6) is 0.146. The van der Waals surface area contributed by atoms with E-state index < -0.39 is 86.1 Å². The van der Waals surface area contributed by atoms with Crippen molar-refractivity contribution in [2.75, 3.05) is 66.0 Å². The monoisotopic (exact) mass is 849 g/mol. The molecule has 2 aromatic rings. The van der Waals surface area contributed by atoms with Gasteiger partial charge in [-0.25, -0.2) is 14.8 Å². The van der Waals surface area contributed by atoms with Gasteiger partial charge in [-0.15, -0.1) is 0 Å². The summed E-state index contributed by atoms with van der Waals surface area (Å²) in [6.45, 7) is 4.35. The fraction of sp³-hybridized carbons (Fsp3) is 0.737. The lowest BCUT2D eigenvalue weighted by Crippen LogP contribution is -2.69. The van der Waals surface area contributed by atoms with Crippen molar-refractivity contribution in [1.82, 2.24) is 35.0 Å². The molecule has 0 aromatic carbocycles. The third-order valence-corrected chi connectivity index (χ3v) is 11.6. The van der Waals surface area contributed by atoms with Crippen molar-refractivity contribution < 1.29 is 63.6 Å². The van der Waals surface area contributed by atoms with E-state index in [4.69, 9.17) is 28.9 Å². The Morgan fingerprint density at radius 3 is 2.48 bits per heavy atom. The molecule has 334 valence electrons. The zero-order valence-corrected chi connectivity index (χ0v) is 34.7. The highest BCUT2D eigenvalue weighted by atomic mass is 16.7. The zero-order valence-electron chi connectivity index (χ0n) is 34.7. The van der Waals surface area contributed by atoms with Crippen LogP contribution >= 0.6 is 0 Å². The lowest BCUT2D eigenvalue weighted by molar-refractivity contribution is -0.355. The first-order valence-corrected chi connectivity index (χ1v) is 20.0. The minimum atomic E-state index is -1.72. The van der Waals surface area contributed by atoms with Crippen molar-refractivity contribution in [2.24, 2.45) is 5.92 Å². The fourth-order valence-corrected chi connectivity index (χ4v) is 8.11. The summed E-state index contributed by atoms with van der Waals surface area (Å²) in [7, 11) is 6.09. The normalized spacial score (nSPS) is 31.4. The second kappa shape index (κ2) is 21.1. The maximum absolute atomic E-state index is 13.3. The molecule has 13 atom stereocenters. The molecule has 5 rings (SSSR count). The van der Waals surface area contributed by atoms with E-state index in [9.17, 15) is 39.9 Å². The molecule has 22 nitrogen and oxygen atoms in total. The van der Waals surface area contributed by atoms with Crippen molar-refractivity contribution in [3.8, 4) is 6.07 Å². The largest absolute Gasteiger partial charge is 0.394 e. The number of rotatable bonds is 16. The summed E-state index contributed by atoms with van der Waals surface area (Å²) in [6.07, 6.45) is -9.44. The SMILES string of the molecule is CO[C@@H]1OC(CO)[C@@H](O)C(O[C@@H]2OC(C(O)N(C)CCCCNC(=O)n3ccc4c(N(C)[C@H]5CN(C(=O)CC#N)CC[C@H]5C)ncnc43)[C@@H](OC)C(O)C2O)C1NC(C)=O. The molecule has 3 amide bonds. The number of nitriles is 1. The van der Waals surface area contributed by atoms with E-state index in [-0.39, 0.29) is 30.8 Å². The molecule has 60 heavy (non-hydrogen) atoms. The molecule has 5 heterocycles. The first kappa shape index (κ1) is 46.9. The van der Waals surface area contributed by atoms with E-state index in [1.54, 1.807) is 29.1 Å². The molecular weight excluding hydrogens is 790 g/mol. The predicted octanol–water partition coefficient (Wildman–Crippen LogP) is -2.32. The van der Waals surface area contributed by atoms with E-state index in [0.29, 0.717) is 49.3 Å². The van der Waals surface area contributed by atoms with Crippen LogP contribution in [0.2, 0.25) is 0 Å². The number of carbonyl (C=O) groups is 3. The van der Waals surface area contributed by atoms with Gasteiger partial charge in [0, 0.05) is 60.6 Å². The van der Waals surface area contributed by atoms with Crippen molar-refractivity contribution in [3.63, 3.8) is 0 Å². The first-order chi connectivity index (χ1) is 28.7. The van der Waals surface area contributed by atoms with Gasteiger partial charge in [0.25, 0.3) is 0 Å². The maximum Gasteiger partial charge on any atom is 0.327 e. The number of amides is 3. The van der Waals surface area contributed by atoms with Crippen molar-refractivity contribution in [3.05, 3.63) is 18.6 Å². The van der Waals surface area contributed by atoms with Crippen LogP contribution in [0.1, 0.15) is 39.5 Å². The molecule has 3 aliphatic rings. The van der Waals surface area contributed by atoms with Gasteiger partial charge in [-0.3, -0.25) is 19.1 Å². The van der Waals surface area contributed by atoms with Gasteiger partial charge in [0.1, 0.15) is 73.6 Å². The number of unbranched alkanes of at least 4 members (excludes halogenated alkanes) is 1. The lowest BCUT2D eigenvalue weighted by atomic mass is 9.92. The molecule has 3 fully saturated rings. The third kappa shape index (κ3) is 10.3. The Labute approximate surface area is 347 Å². The van der Waals surface area contributed by atoms with Crippen LogP contribution in [0.4, 0.5) is 10.6 Å². The molecular formula is C38H59N9O13. The van der Waals surface area contributed by atoms with Crippen LogP contribution in [-0.4, -0.2) is 202 Å². The van der Waals surface area contributed by atoms with Gasteiger partial charge in [-0.1, -0.05) is 6.92 Å². The van der Waals surface area contributed by atoms with Gasteiger partial charge in [0.05, 0.1) is 24.1 Å². The number of likely N-dealkylation sites (N-methyl/N-ethyl adjacent to an activating group) is 2. The molecule has 3 aliphatic heterocycles. The summed E-state index contributed by atoms with van der Waals surface area (Å²) >= 11 is 0. The minimum Gasteiger partial charge on any atom is -0.394 e. The van der Waals surface area contributed by atoms with Crippen LogP contribution in [0.3, 0.4) is 0 Å². The quantitative estimate of drug-likeness (QED) is 0.0690. The molecule has 0 bridgehead atoms. The maximum atomic E-state index is 13.3. The van der Waals surface area contributed by atoms with Crippen LogP contribution in [-0.2, 0) is 33.3 Å². The Bertz CT molecular complexity index is 1800. The average Bonchev–Trinajstić information content (AvgIpc) is 3.67. The van der Waals surface area contributed by atoms with E-state index >= 15 is 0 Å². The van der Waals surface area contributed by atoms with E-state index in [1.807, 2.05) is 18.0 Å². The Kier molecular flexibility index (Phi) is 16.5. The molecule has 7 N–H and O–H groups in total. The Morgan fingerprint density at radius 2 is 1.82 bits per heavy atom. The zero-order chi connectivity index (χ0) is 43.8. The van der Waals surface area contributed by atoms with Gasteiger partial charge < -0.3 is 69.7 Å². The van der Waals surface area contributed by atoms with Crippen LogP contribution in [0.25, 0.3) is 11.0 Å². The minimum absolute atomic E-state index is 0.0652. The van der Waals surface area contributed by atoms with Gasteiger partial charge in [-0.05, 0) is 38.3 Å². The second-order valence-corrected chi connectivity index (χ2v) is 15.5. The highest BCUT2D eigenvalue weighted by molar-refractivity contribution is 5.94. The summed E-state index contributed by atoms with van der Waals surface area (Å²) in [5.41, 5.74) is 0.409. The van der Waals surface area contributed by atoms with Crippen LogP contribution < -0.4 is 15.5 Å². The number of nitrogens with one attached hydrogen (secondary N) is 2. The molecule has 0 radical (unpaired) electrons. The van der Waals surface area contributed by atoms with Gasteiger partial charge in [0.2, 0.25) is 11.8 Å². The lowest BCUT2D eigenvalue weighted by Gasteiger charge is -2.48. The highest BCUT2D eigenvalue weighted by Crippen LogP contribution is 2.33. The smallest absolute Gasteiger partial charge is 0.327 e. The van der Waals surface area contributed by atoms with Gasteiger partial charge in [0.15, 0.2) is 18.2 Å². The Hall–Kier alpha value is -4.12. The molecule has 3 saturated heterocycles. The molecule has 7 unspecified atom stereocenters. The number of piperidine rings is 1. The van der Waals surface area contributed by atoms with Crippen LogP contribution in [0, 0.1) is 17.2 Å². The molecule has 2 aromatic heterocycles. The first-order valence-electron chi connectivity index (χ1n) is 20.0. The summed E-state index contributed by atoms with van der Waals surface area (Å²) < 4.78 is 29.7. The number of aliphatic hydroxyl groups excluding tert-OH is 5. The van der Waals surface area contributed by atoms with Crippen molar-refractivity contribution in [1.29, 1.82) is 5.26 Å². The standard InChI is InChI=1S/C38H59N9O13/c1-20-10-15-46(25(50)9-12-39)17-23(20)45(4)33-22-11-16-47(34(22)42-19-41-33)38(55)40-13-7-8-14-44(3)35(54)32-31(56-5)28(52)29(53)37(60-32)59-30-26(43-21(2)49)36(57-6)58-24(18-48)27(30)51/h11,16,19-20,23-24,26-32,35-37,48,51-54H,7-10,13-15,17-18H2,1-6H3,(H,40,55)(H,43,49)/t20-,23+,24?,26?,27-,28?,29?,30?,31+,32?,35?,36-,37-/m1/s1. The molecule has 0 saturated carbocycles. The number of likely N-dealkylation sites (tertiary alicyclic amines) is 1. The van der Waals surface area contributed by atoms with Crippen molar-refractivity contribution >= 4 is 34.7 Å². The topological polar surface area (TPSA) is 287 Å². The number of carbonyl (C=O) groups excluding carboxylic acids is 3. The summed E-state index contributed by atoms with van der Waals surface area (Å²) in [5, 5.41) is 69.5. The number of hydrogen-bond donors (Lipinski definition) is 7. The number of aliphatic hydroxyl groups is 5. The molecule has 0 aliphatic carbocycles. The van der Waals surface area contributed by atoms with E-state index in [0.717, 1.165) is 6.42 Å². The number of hydrogen-bond acceptors (Lipinski definition) is 18. The summed E-state index contributed by atoms with van der Waals surface area (Å²) in [6, 6.07) is 2.11. The van der Waals surface area contributed by atoms with Crippen LogP contribution in [0.5, 0.6) is 0 Å². The predicted molar refractivity (Wildman–Crippen MR) is 210 cm³/mol. The number of nitrogens with zero attached hydrogens (tertiary/aromatic N) is 7. The van der Waals surface area contributed by atoms with E-state index in [2.05, 4.69) is 27.5 Å². The second-order valence-electron chi connectivity index (χ2n) is 15.5. The van der Waals surface area contributed by atoms with Gasteiger partial charge in [-0.2, -0.15) is 5.26 Å². The number of anilines is 1. The Balaban J connectivity index is 1.16. The van der Waals surface area contributed by atoms with E-state index in [1.165, 1.54) is 32.0 Å². The highest BCUT2D eigenvalue weighted by Gasteiger charge is 2.53. The van der Waals surface area contributed by atoms with Crippen molar-refractivity contribution in [2.45, 2.75) is 113 Å². The summed E-state index contributed by atoms with van der Waals surface area (Å²) in [4.78, 5) is 52.0. The van der Waals surface area contributed by atoms with Gasteiger partial charge >= 0.3 is 6.03 Å². The number of ether oxygens (including phenoxy) is 5. The Morgan fingerprint density at radius 1 is 1.07 bits per heavy atom. The number of methoxy groups -OCH3 is 2. The molecule has 0 spiro atoms. The fourth-order valence-electron chi connectivity index (χ4n) is 8.11. The molecule has 22 heteroatoms. The average molecular weight is 850 g/mol. The third-order valence-electron chi connectivity index (χ3n) is 11.6. The number of fused-ring (bicyclic) bond motifs is 1. The number of aromatic nitrogens is 3.